The highest BCUT2D eigenvalue weighted by Gasteiger charge is 2.07. The van der Waals surface area contributed by atoms with Crippen LogP contribution in [0.3, 0.4) is 0 Å². The third kappa shape index (κ3) is 2.54. The van der Waals surface area contributed by atoms with E-state index in [1.54, 1.807) is 6.92 Å². The number of hydrogen-bond donors (Lipinski definition) is 2. The Kier molecular flexibility index (Phi) is 3.11. The van der Waals surface area contributed by atoms with Crippen molar-refractivity contribution in [3.8, 4) is 0 Å². The predicted molar refractivity (Wildman–Crippen MR) is 63.7 cm³/mol. The average Bonchev–Trinajstić information content (AvgIpc) is 2.66. The molecule has 0 radical (unpaired) electrons. The highest BCUT2D eigenvalue weighted by Crippen LogP contribution is 2.16. The van der Waals surface area contributed by atoms with Gasteiger partial charge in [0, 0.05) is 17.2 Å². The lowest BCUT2D eigenvalue weighted by Crippen LogP contribution is -2.19. The number of benzene rings is 1. The van der Waals surface area contributed by atoms with Crippen molar-refractivity contribution in [3.63, 3.8) is 0 Å². The first-order valence-electron chi connectivity index (χ1n) is 4.68. The van der Waals surface area contributed by atoms with E-state index in [0.29, 0.717) is 10.7 Å². The number of hydrogen-bond acceptors (Lipinski definition) is 4. The molecule has 1 aromatic heterocycles. The lowest BCUT2D eigenvalue weighted by molar-refractivity contribution is 0.262. The number of aryl methyl sites for hydroxylation is 1. The third-order valence-electron chi connectivity index (χ3n) is 1.91. The van der Waals surface area contributed by atoms with Gasteiger partial charge in [0.1, 0.15) is 5.00 Å². The molecule has 0 unspecified atom stereocenters. The summed E-state index contributed by atoms with van der Waals surface area (Å²) in [4.78, 5) is 11.6. The molecule has 0 atom stereocenters. The van der Waals surface area contributed by atoms with E-state index < -0.39 is 0 Å². The zero-order valence-corrected chi connectivity index (χ0v) is 9.41. The molecule has 5 nitrogen and oxygen atoms in total. The molecule has 0 spiro atoms. The highest BCUT2D eigenvalue weighted by atomic mass is 32.1. The summed E-state index contributed by atoms with van der Waals surface area (Å²) in [5, 5.41) is 9.85. The second-order valence-corrected chi connectivity index (χ2v) is 3.89. The smallest absolute Gasteiger partial charge is 0.308 e. The SMILES string of the molecule is Cc1nnsc1NC(=O)Nc1ccccc1. The van der Waals surface area contributed by atoms with Gasteiger partial charge in [0.2, 0.25) is 0 Å². The Hall–Kier alpha value is -1.95. The molecule has 0 saturated heterocycles. The molecule has 6 heteroatoms. The Morgan fingerprint density at radius 3 is 2.62 bits per heavy atom. The Morgan fingerprint density at radius 2 is 2.00 bits per heavy atom. The number of urea groups is 1. The minimum absolute atomic E-state index is 0.291. The van der Waals surface area contributed by atoms with Crippen LogP contribution in [-0.2, 0) is 0 Å². The fourth-order valence-electron chi connectivity index (χ4n) is 1.13. The van der Waals surface area contributed by atoms with E-state index in [1.165, 1.54) is 0 Å². The molecule has 1 heterocycles. The summed E-state index contributed by atoms with van der Waals surface area (Å²) < 4.78 is 3.73. The van der Waals surface area contributed by atoms with Crippen LogP contribution in [-0.4, -0.2) is 15.6 Å². The van der Waals surface area contributed by atoms with E-state index in [2.05, 4.69) is 20.2 Å². The molecule has 0 bridgehead atoms. The highest BCUT2D eigenvalue weighted by molar-refractivity contribution is 7.10. The molecule has 1 aromatic carbocycles. The van der Waals surface area contributed by atoms with Crippen LogP contribution in [0.2, 0.25) is 0 Å². The maximum absolute atomic E-state index is 11.6. The van der Waals surface area contributed by atoms with Crippen molar-refractivity contribution in [2.45, 2.75) is 6.92 Å². The summed E-state index contributed by atoms with van der Waals surface area (Å²) in [5.74, 6) is 0. The summed E-state index contributed by atoms with van der Waals surface area (Å²) in [6.45, 7) is 1.79. The number of amides is 2. The number of nitrogens with zero attached hydrogens (tertiary/aromatic N) is 2. The van der Waals surface area contributed by atoms with E-state index in [-0.39, 0.29) is 6.03 Å². The molecule has 0 saturated carbocycles. The van der Waals surface area contributed by atoms with Crippen LogP contribution in [0.15, 0.2) is 30.3 Å². The van der Waals surface area contributed by atoms with Crippen LogP contribution in [0.25, 0.3) is 0 Å². The zero-order valence-electron chi connectivity index (χ0n) is 8.60. The molecule has 0 aliphatic heterocycles. The second-order valence-electron chi connectivity index (χ2n) is 3.13. The van der Waals surface area contributed by atoms with Gasteiger partial charge >= 0.3 is 6.03 Å². The maximum atomic E-state index is 11.6. The number of carbonyl (C=O) groups is 1. The number of anilines is 2. The lowest BCUT2D eigenvalue weighted by atomic mass is 10.3. The Morgan fingerprint density at radius 1 is 1.25 bits per heavy atom. The van der Waals surface area contributed by atoms with Crippen LogP contribution < -0.4 is 10.6 Å². The molecule has 2 aromatic rings. The normalized spacial score (nSPS) is 9.81. The fraction of sp³-hybridized carbons (Fsp3) is 0.100. The molecule has 16 heavy (non-hydrogen) atoms. The minimum atomic E-state index is -0.291. The van der Waals surface area contributed by atoms with E-state index in [9.17, 15) is 4.79 Å². The number of nitrogens with one attached hydrogen (secondary N) is 2. The molecule has 2 amide bonds. The van der Waals surface area contributed by atoms with Gasteiger partial charge < -0.3 is 5.32 Å². The van der Waals surface area contributed by atoms with E-state index in [4.69, 9.17) is 0 Å². The number of rotatable bonds is 2. The van der Waals surface area contributed by atoms with Gasteiger partial charge in [-0.25, -0.2) is 4.79 Å². The van der Waals surface area contributed by atoms with Crippen LogP contribution in [0.1, 0.15) is 5.69 Å². The van der Waals surface area contributed by atoms with Gasteiger partial charge in [-0.1, -0.05) is 22.7 Å². The van der Waals surface area contributed by atoms with Crippen molar-refractivity contribution < 1.29 is 4.79 Å². The van der Waals surface area contributed by atoms with Crippen LogP contribution in [0.4, 0.5) is 15.5 Å². The first-order valence-corrected chi connectivity index (χ1v) is 5.45. The third-order valence-corrected chi connectivity index (χ3v) is 2.65. The summed E-state index contributed by atoms with van der Waals surface area (Å²) in [6.07, 6.45) is 0. The molecular weight excluding hydrogens is 224 g/mol. The summed E-state index contributed by atoms with van der Waals surface area (Å²) in [5.41, 5.74) is 1.46. The molecule has 0 aliphatic rings. The summed E-state index contributed by atoms with van der Waals surface area (Å²) in [7, 11) is 0. The average molecular weight is 234 g/mol. The first-order chi connectivity index (χ1) is 7.75. The van der Waals surface area contributed by atoms with Crippen molar-refractivity contribution in [2.24, 2.45) is 0 Å². The molecule has 82 valence electrons. The Bertz CT molecular complexity index is 483. The van der Waals surface area contributed by atoms with Gasteiger partial charge in [-0.05, 0) is 19.1 Å². The summed E-state index contributed by atoms with van der Waals surface area (Å²) in [6, 6.07) is 8.94. The van der Waals surface area contributed by atoms with Crippen LogP contribution >= 0.6 is 11.5 Å². The van der Waals surface area contributed by atoms with Gasteiger partial charge in [0.25, 0.3) is 0 Å². The Labute approximate surface area is 96.7 Å². The minimum Gasteiger partial charge on any atom is -0.308 e. The summed E-state index contributed by atoms with van der Waals surface area (Å²) >= 11 is 1.16. The fourth-order valence-corrected chi connectivity index (χ4v) is 1.69. The maximum Gasteiger partial charge on any atom is 0.324 e. The van der Waals surface area contributed by atoms with E-state index in [0.717, 1.165) is 17.2 Å². The monoisotopic (exact) mass is 234 g/mol. The first kappa shape index (κ1) is 10.6. The molecule has 0 aliphatic carbocycles. The molecule has 2 rings (SSSR count). The van der Waals surface area contributed by atoms with Crippen molar-refractivity contribution in [1.29, 1.82) is 0 Å². The Balaban J connectivity index is 1.98. The second kappa shape index (κ2) is 4.71. The quantitative estimate of drug-likeness (QED) is 0.838. The van der Waals surface area contributed by atoms with Crippen molar-refractivity contribution in [2.75, 3.05) is 10.6 Å². The van der Waals surface area contributed by atoms with Crippen LogP contribution in [0.5, 0.6) is 0 Å². The molecular formula is C10H10N4OS. The van der Waals surface area contributed by atoms with Gasteiger partial charge in [-0.15, -0.1) is 5.10 Å². The largest absolute Gasteiger partial charge is 0.324 e. The molecule has 2 N–H and O–H groups in total. The lowest BCUT2D eigenvalue weighted by Gasteiger charge is -2.05. The van der Waals surface area contributed by atoms with Crippen molar-refractivity contribution >= 4 is 28.3 Å². The number of para-hydroxylation sites is 1. The molecule has 0 fully saturated rings. The van der Waals surface area contributed by atoms with Crippen molar-refractivity contribution in [1.82, 2.24) is 9.59 Å². The number of carbonyl (C=O) groups excluding carboxylic acids is 1. The van der Waals surface area contributed by atoms with E-state index >= 15 is 0 Å². The number of aromatic nitrogens is 2. The zero-order chi connectivity index (χ0) is 11.4. The van der Waals surface area contributed by atoms with Crippen LogP contribution in [0, 0.1) is 6.92 Å². The van der Waals surface area contributed by atoms with Gasteiger partial charge in [-0.2, -0.15) is 0 Å². The standard InChI is InChI=1S/C10H10N4OS/c1-7-9(16-14-13-7)12-10(15)11-8-5-3-2-4-6-8/h2-6H,1H3,(H2,11,12,15). The van der Waals surface area contributed by atoms with E-state index in [1.807, 2.05) is 30.3 Å². The van der Waals surface area contributed by atoms with Crippen molar-refractivity contribution in [3.05, 3.63) is 36.0 Å². The van der Waals surface area contributed by atoms with Gasteiger partial charge in [0.15, 0.2) is 0 Å². The van der Waals surface area contributed by atoms with Gasteiger partial charge in [0.05, 0.1) is 5.69 Å². The topological polar surface area (TPSA) is 66.9 Å². The predicted octanol–water partition coefficient (Wildman–Crippen LogP) is 2.49. The van der Waals surface area contributed by atoms with Gasteiger partial charge in [-0.3, -0.25) is 5.32 Å².